The lowest BCUT2D eigenvalue weighted by Gasteiger charge is -1.94. The van der Waals surface area contributed by atoms with E-state index in [1.54, 1.807) is 24.3 Å². The van der Waals surface area contributed by atoms with E-state index in [0.29, 0.717) is 5.76 Å². The van der Waals surface area contributed by atoms with Crippen molar-refractivity contribution in [1.29, 1.82) is 10.5 Å². The van der Waals surface area contributed by atoms with Crippen LogP contribution in [0.25, 0.3) is 0 Å². The van der Waals surface area contributed by atoms with Crippen molar-refractivity contribution < 1.29 is 9.15 Å². The molecule has 0 atom stereocenters. The van der Waals surface area contributed by atoms with Crippen LogP contribution >= 0.6 is 0 Å². The first kappa shape index (κ1) is 8.89. The van der Waals surface area contributed by atoms with Crippen molar-refractivity contribution >= 4 is 0 Å². The zero-order valence-corrected chi connectivity index (χ0v) is 6.73. The molecule has 0 aliphatic rings. The Morgan fingerprint density at radius 2 is 2.31 bits per heavy atom. The van der Waals surface area contributed by atoms with Crippen LogP contribution < -0.4 is 0 Å². The Hall–Kier alpha value is -2.20. The third-order valence-electron chi connectivity index (χ3n) is 1.25. The molecule has 0 radical (unpaired) electrons. The normalized spacial score (nSPS) is 8.15. The number of furan rings is 1. The molecule has 0 N–H and O–H groups in total. The summed E-state index contributed by atoms with van der Waals surface area (Å²) in [4.78, 5) is 0. The third kappa shape index (κ3) is 2.72. The minimum absolute atomic E-state index is 0.0634. The zero-order valence-electron chi connectivity index (χ0n) is 6.73. The summed E-state index contributed by atoms with van der Waals surface area (Å²) in [6.07, 6.45) is 2.64. The van der Waals surface area contributed by atoms with E-state index in [1.165, 1.54) is 6.26 Å². The Morgan fingerprint density at radius 1 is 1.54 bits per heavy atom. The predicted molar refractivity (Wildman–Crippen MR) is 42.8 cm³/mol. The molecule has 0 unspecified atom stereocenters. The Labute approximate surface area is 75.3 Å². The minimum atomic E-state index is -0.0634. The van der Waals surface area contributed by atoms with Gasteiger partial charge in [0, 0.05) is 0 Å². The number of allylic oxidation sites excluding steroid dienone is 1. The molecule has 1 heterocycles. The molecule has 4 nitrogen and oxygen atoms in total. The number of nitriles is 2. The van der Waals surface area contributed by atoms with E-state index in [9.17, 15) is 0 Å². The molecular weight excluding hydrogens is 168 g/mol. The summed E-state index contributed by atoms with van der Waals surface area (Å²) in [7, 11) is 0. The molecule has 0 spiro atoms. The number of hydrogen-bond acceptors (Lipinski definition) is 4. The van der Waals surface area contributed by atoms with Crippen molar-refractivity contribution in [3.63, 3.8) is 0 Å². The van der Waals surface area contributed by atoms with Gasteiger partial charge < -0.3 is 9.15 Å². The minimum Gasteiger partial charge on any atom is -0.491 e. The molecular formula is C9H6N2O2. The molecule has 1 rings (SSSR count). The fraction of sp³-hybridized carbons (Fsp3) is 0.111. The summed E-state index contributed by atoms with van der Waals surface area (Å²) in [6, 6.07) is 6.83. The first-order valence-electron chi connectivity index (χ1n) is 3.51. The average Bonchev–Trinajstić information content (AvgIpc) is 2.65. The van der Waals surface area contributed by atoms with Crippen LogP contribution in [0.1, 0.15) is 5.76 Å². The Kier molecular flexibility index (Phi) is 3.17. The summed E-state index contributed by atoms with van der Waals surface area (Å²) >= 11 is 0. The Balaban J connectivity index is 2.42. The summed E-state index contributed by atoms with van der Waals surface area (Å²) in [5.74, 6) is 0.645. The highest BCUT2D eigenvalue weighted by Gasteiger charge is 1.95. The van der Waals surface area contributed by atoms with Crippen LogP contribution in [0.15, 0.2) is 34.6 Å². The summed E-state index contributed by atoms with van der Waals surface area (Å²) < 4.78 is 9.88. The van der Waals surface area contributed by atoms with E-state index < -0.39 is 0 Å². The van der Waals surface area contributed by atoms with Crippen molar-refractivity contribution in [3.8, 4) is 12.1 Å². The van der Waals surface area contributed by atoms with Crippen molar-refractivity contribution in [2.75, 3.05) is 0 Å². The van der Waals surface area contributed by atoms with E-state index in [1.807, 2.05) is 0 Å². The van der Waals surface area contributed by atoms with E-state index in [0.717, 1.165) is 6.26 Å². The van der Waals surface area contributed by atoms with Gasteiger partial charge in [-0.15, -0.1) is 0 Å². The van der Waals surface area contributed by atoms with Crippen LogP contribution in [0.2, 0.25) is 0 Å². The molecule has 0 fully saturated rings. The van der Waals surface area contributed by atoms with E-state index in [4.69, 9.17) is 19.7 Å². The van der Waals surface area contributed by atoms with Crippen LogP contribution in [0, 0.1) is 22.7 Å². The zero-order chi connectivity index (χ0) is 9.52. The van der Waals surface area contributed by atoms with Crippen LogP contribution in [0.5, 0.6) is 0 Å². The molecule has 0 aliphatic carbocycles. The molecule has 0 saturated carbocycles. The number of ether oxygens (including phenoxy) is 1. The first-order chi connectivity index (χ1) is 6.36. The van der Waals surface area contributed by atoms with Crippen molar-refractivity contribution in [3.05, 3.63) is 36.0 Å². The van der Waals surface area contributed by atoms with Crippen LogP contribution in [0.4, 0.5) is 0 Å². The van der Waals surface area contributed by atoms with Crippen molar-refractivity contribution in [1.82, 2.24) is 0 Å². The highest BCUT2D eigenvalue weighted by molar-refractivity contribution is 5.33. The topological polar surface area (TPSA) is 70.0 Å². The second-order valence-electron chi connectivity index (χ2n) is 2.15. The fourth-order valence-electron chi connectivity index (χ4n) is 0.680. The third-order valence-corrected chi connectivity index (χ3v) is 1.25. The fourth-order valence-corrected chi connectivity index (χ4v) is 0.680. The average molecular weight is 174 g/mol. The molecule has 1 aromatic rings. The largest absolute Gasteiger partial charge is 0.491 e. The standard InChI is InChI=1S/C9H6N2O2/c10-4-8(5-11)6-12-7-9-2-1-3-13-9/h1-3,6H,7H2. The first-order valence-corrected chi connectivity index (χ1v) is 3.51. The molecule has 0 saturated heterocycles. The van der Waals surface area contributed by atoms with Crippen molar-refractivity contribution in [2.45, 2.75) is 6.61 Å². The van der Waals surface area contributed by atoms with Gasteiger partial charge >= 0.3 is 0 Å². The predicted octanol–water partition coefficient (Wildman–Crippen LogP) is 1.73. The van der Waals surface area contributed by atoms with Crippen molar-refractivity contribution in [2.24, 2.45) is 0 Å². The van der Waals surface area contributed by atoms with Gasteiger partial charge in [0.2, 0.25) is 0 Å². The van der Waals surface area contributed by atoms with Gasteiger partial charge in [0.05, 0.1) is 6.26 Å². The SMILES string of the molecule is N#CC(C#N)=COCc1ccco1. The second kappa shape index (κ2) is 4.63. The number of nitrogens with zero attached hydrogens (tertiary/aromatic N) is 2. The van der Waals surface area contributed by atoms with E-state index in [-0.39, 0.29) is 12.2 Å². The Bertz CT molecular complexity index is 349. The van der Waals surface area contributed by atoms with Gasteiger partial charge in [0.15, 0.2) is 5.57 Å². The maximum Gasteiger partial charge on any atom is 0.164 e. The Morgan fingerprint density at radius 3 is 2.85 bits per heavy atom. The molecule has 0 bridgehead atoms. The maximum absolute atomic E-state index is 8.34. The molecule has 0 amide bonds. The molecule has 13 heavy (non-hydrogen) atoms. The van der Waals surface area contributed by atoms with Gasteiger partial charge in [0.25, 0.3) is 0 Å². The van der Waals surface area contributed by atoms with Crippen LogP contribution in [-0.4, -0.2) is 0 Å². The second-order valence-corrected chi connectivity index (χ2v) is 2.15. The van der Waals surface area contributed by atoms with Gasteiger partial charge in [-0.2, -0.15) is 10.5 Å². The smallest absolute Gasteiger partial charge is 0.164 e. The van der Waals surface area contributed by atoms with Gasteiger partial charge in [-0.05, 0) is 12.1 Å². The van der Waals surface area contributed by atoms with Crippen LogP contribution in [0.3, 0.4) is 0 Å². The van der Waals surface area contributed by atoms with Gasteiger partial charge in [0.1, 0.15) is 30.8 Å². The van der Waals surface area contributed by atoms with Crippen LogP contribution in [-0.2, 0) is 11.3 Å². The molecule has 0 aromatic carbocycles. The quantitative estimate of drug-likeness (QED) is 0.516. The van der Waals surface area contributed by atoms with Gasteiger partial charge in [-0.3, -0.25) is 0 Å². The summed E-state index contributed by atoms with van der Waals surface area (Å²) in [5, 5.41) is 16.7. The van der Waals surface area contributed by atoms with Gasteiger partial charge in [-0.25, -0.2) is 0 Å². The molecule has 64 valence electrons. The molecule has 4 heteroatoms. The maximum atomic E-state index is 8.34. The number of hydrogen-bond donors (Lipinski definition) is 0. The van der Waals surface area contributed by atoms with E-state index in [2.05, 4.69) is 0 Å². The molecule has 1 aromatic heterocycles. The number of rotatable bonds is 3. The lowest BCUT2D eigenvalue weighted by Crippen LogP contribution is -1.84. The monoisotopic (exact) mass is 174 g/mol. The molecule has 0 aliphatic heterocycles. The lowest BCUT2D eigenvalue weighted by atomic mass is 10.4. The van der Waals surface area contributed by atoms with E-state index >= 15 is 0 Å². The lowest BCUT2D eigenvalue weighted by molar-refractivity contribution is 0.209. The summed E-state index contributed by atoms with van der Waals surface area (Å²) in [5.41, 5.74) is -0.0634. The highest BCUT2D eigenvalue weighted by atomic mass is 16.5. The highest BCUT2D eigenvalue weighted by Crippen LogP contribution is 2.02. The van der Waals surface area contributed by atoms with Gasteiger partial charge in [-0.1, -0.05) is 0 Å². The summed E-state index contributed by atoms with van der Waals surface area (Å²) in [6.45, 7) is 0.222.